The second-order valence-corrected chi connectivity index (χ2v) is 5.92. The quantitative estimate of drug-likeness (QED) is 0.757. The molecule has 0 aliphatic heterocycles. The number of thiazole rings is 1. The van der Waals surface area contributed by atoms with Gasteiger partial charge in [-0.15, -0.1) is 11.3 Å². The third kappa shape index (κ3) is 4.40. The molecule has 0 unspecified atom stereocenters. The van der Waals surface area contributed by atoms with Gasteiger partial charge in [-0.3, -0.25) is 0 Å². The molecule has 0 spiro atoms. The van der Waals surface area contributed by atoms with E-state index in [1.165, 1.54) is 10.4 Å². The van der Waals surface area contributed by atoms with Gasteiger partial charge in [0.05, 0.1) is 17.3 Å². The summed E-state index contributed by atoms with van der Waals surface area (Å²) in [4.78, 5) is 6.02. The Bertz CT molecular complexity index is 510. The van der Waals surface area contributed by atoms with Crippen molar-refractivity contribution < 1.29 is 4.74 Å². The molecule has 0 aliphatic carbocycles. The third-order valence-electron chi connectivity index (χ3n) is 3.01. The van der Waals surface area contributed by atoms with Gasteiger partial charge in [0.2, 0.25) is 0 Å². The normalized spacial score (nSPS) is 10.9. The largest absolute Gasteiger partial charge is 0.378 e. The van der Waals surface area contributed by atoms with E-state index >= 15 is 0 Å². The van der Waals surface area contributed by atoms with E-state index < -0.39 is 0 Å². The van der Waals surface area contributed by atoms with Crippen LogP contribution in [0.5, 0.6) is 0 Å². The maximum absolute atomic E-state index is 5.25. The molecule has 0 bridgehead atoms. The van der Waals surface area contributed by atoms with E-state index in [1.807, 2.05) is 6.07 Å². The maximum Gasteiger partial charge on any atom is 0.0976 e. The number of nitrogens with zero attached hydrogens (tertiary/aromatic N) is 1. The van der Waals surface area contributed by atoms with Crippen LogP contribution in [-0.4, -0.2) is 18.6 Å². The Morgan fingerprint density at radius 1 is 1.25 bits per heavy atom. The molecule has 0 saturated heterocycles. The number of methoxy groups -OCH3 is 1. The molecule has 1 aromatic heterocycles. The lowest BCUT2D eigenvalue weighted by atomic mass is 10.2. The van der Waals surface area contributed by atoms with Gasteiger partial charge in [0.1, 0.15) is 0 Å². The zero-order valence-electron chi connectivity index (χ0n) is 12.2. The fourth-order valence-electron chi connectivity index (χ4n) is 2.05. The summed E-state index contributed by atoms with van der Waals surface area (Å²) in [5.41, 5.74) is 2.38. The van der Waals surface area contributed by atoms with Crippen LogP contribution in [0.15, 0.2) is 30.3 Å². The van der Waals surface area contributed by atoms with Crippen molar-refractivity contribution >= 4 is 11.3 Å². The minimum atomic E-state index is 0.592. The first-order valence-corrected chi connectivity index (χ1v) is 7.86. The van der Waals surface area contributed by atoms with Crippen LogP contribution in [0.4, 0.5) is 0 Å². The molecule has 4 heteroatoms. The molecule has 108 valence electrons. The average Bonchev–Trinajstić information content (AvgIpc) is 2.83. The first kappa shape index (κ1) is 15.2. The number of benzene rings is 1. The van der Waals surface area contributed by atoms with Gasteiger partial charge < -0.3 is 10.1 Å². The number of hydrogen-bond donors (Lipinski definition) is 1. The van der Waals surface area contributed by atoms with Gasteiger partial charge in [-0.25, -0.2) is 4.98 Å². The van der Waals surface area contributed by atoms with Gasteiger partial charge in [-0.1, -0.05) is 37.3 Å². The Morgan fingerprint density at radius 3 is 2.75 bits per heavy atom. The van der Waals surface area contributed by atoms with Crippen molar-refractivity contribution in [2.75, 3.05) is 13.7 Å². The summed E-state index contributed by atoms with van der Waals surface area (Å²) in [6.45, 7) is 4.70. The van der Waals surface area contributed by atoms with Gasteiger partial charge in [0, 0.05) is 25.0 Å². The van der Waals surface area contributed by atoms with Gasteiger partial charge >= 0.3 is 0 Å². The Kier molecular flexibility index (Phi) is 6.18. The summed E-state index contributed by atoms with van der Waals surface area (Å²) < 4.78 is 5.25. The number of nitrogens with one attached hydrogen (secondary N) is 1. The van der Waals surface area contributed by atoms with Crippen molar-refractivity contribution in [3.63, 3.8) is 0 Å². The van der Waals surface area contributed by atoms with Crippen molar-refractivity contribution in [1.82, 2.24) is 10.3 Å². The van der Waals surface area contributed by atoms with Crippen LogP contribution in [-0.2, 0) is 24.3 Å². The lowest BCUT2D eigenvalue weighted by molar-refractivity contribution is 0.181. The van der Waals surface area contributed by atoms with E-state index in [0.717, 1.165) is 36.6 Å². The Balaban J connectivity index is 2.07. The van der Waals surface area contributed by atoms with Crippen molar-refractivity contribution in [3.05, 3.63) is 51.5 Å². The predicted molar refractivity (Wildman–Crippen MR) is 84.1 cm³/mol. The maximum atomic E-state index is 5.25. The second kappa shape index (κ2) is 8.15. The Morgan fingerprint density at radius 2 is 2.05 bits per heavy atom. The van der Waals surface area contributed by atoms with Crippen LogP contribution >= 0.6 is 11.3 Å². The summed E-state index contributed by atoms with van der Waals surface area (Å²) >= 11 is 1.79. The highest BCUT2D eigenvalue weighted by molar-refractivity contribution is 7.11. The monoisotopic (exact) mass is 290 g/mol. The summed E-state index contributed by atoms with van der Waals surface area (Å²) in [6.07, 6.45) is 2.05. The minimum Gasteiger partial charge on any atom is -0.378 e. The predicted octanol–water partition coefficient (Wildman–Crippen LogP) is 3.38. The highest BCUT2D eigenvalue weighted by Crippen LogP contribution is 2.22. The molecule has 2 rings (SSSR count). The zero-order valence-corrected chi connectivity index (χ0v) is 13.0. The zero-order chi connectivity index (χ0) is 14.2. The molecule has 0 fully saturated rings. The molecular weight excluding hydrogens is 268 g/mol. The molecule has 2 aromatic rings. The second-order valence-electron chi connectivity index (χ2n) is 4.75. The molecule has 20 heavy (non-hydrogen) atoms. The van der Waals surface area contributed by atoms with Crippen LogP contribution in [0.3, 0.4) is 0 Å². The molecule has 3 nitrogen and oxygen atoms in total. The summed E-state index contributed by atoms with van der Waals surface area (Å²) in [5.74, 6) is 0. The molecule has 0 amide bonds. The van der Waals surface area contributed by atoms with Crippen molar-refractivity contribution in [1.29, 1.82) is 0 Å². The molecule has 0 radical (unpaired) electrons. The van der Waals surface area contributed by atoms with Gasteiger partial charge in [-0.2, -0.15) is 0 Å². The van der Waals surface area contributed by atoms with E-state index in [1.54, 1.807) is 18.4 Å². The SMILES string of the molecule is CCCNCc1sc(Cc2ccccc2)nc1COC. The number of aromatic nitrogens is 1. The van der Waals surface area contributed by atoms with E-state index in [9.17, 15) is 0 Å². The first-order chi connectivity index (χ1) is 9.83. The van der Waals surface area contributed by atoms with Crippen LogP contribution in [0, 0.1) is 0 Å². The first-order valence-electron chi connectivity index (χ1n) is 7.04. The molecule has 0 atom stereocenters. The van der Waals surface area contributed by atoms with Gasteiger partial charge in [0.25, 0.3) is 0 Å². The standard InChI is InChI=1S/C16H22N2OS/c1-3-9-17-11-15-14(12-19-2)18-16(20-15)10-13-7-5-4-6-8-13/h4-8,17H,3,9-12H2,1-2H3. The van der Waals surface area contributed by atoms with Gasteiger partial charge in [-0.05, 0) is 18.5 Å². The lowest BCUT2D eigenvalue weighted by Crippen LogP contribution is -2.14. The molecule has 1 N–H and O–H groups in total. The van der Waals surface area contributed by atoms with Crippen LogP contribution in [0.1, 0.15) is 34.5 Å². The van der Waals surface area contributed by atoms with E-state index in [0.29, 0.717) is 6.61 Å². The molecule has 0 aliphatic rings. The van der Waals surface area contributed by atoms with E-state index in [4.69, 9.17) is 9.72 Å². The summed E-state index contributed by atoms with van der Waals surface area (Å²) in [7, 11) is 1.72. The number of rotatable bonds is 8. The Hall–Kier alpha value is -1.23. The molecule has 1 heterocycles. The summed E-state index contributed by atoms with van der Waals surface area (Å²) in [5, 5.41) is 4.61. The van der Waals surface area contributed by atoms with E-state index in [-0.39, 0.29) is 0 Å². The van der Waals surface area contributed by atoms with Gasteiger partial charge in [0.15, 0.2) is 0 Å². The van der Waals surface area contributed by atoms with Crippen molar-refractivity contribution in [2.24, 2.45) is 0 Å². The summed E-state index contributed by atoms with van der Waals surface area (Å²) in [6, 6.07) is 10.5. The van der Waals surface area contributed by atoms with Crippen LogP contribution in [0.25, 0.3) is 0 Å². The fourth-order valence-corrected chi connectivity index (χ4v) is 3.12. The van der Waals surface area contributed by atoms with E-state index in [2.05, 4.69) is 36.5 Å². The highest BCUT2D eigenvalue weighted by atomic mass is 32.1. The molecule has 0 saturated carbocycles. The minimum absolute atomic E-state index is 0.592. The number of hydrogen-bond acceptors (Lipinski definition) is 4. The molecule has 1 aromatic carbocycles. The Labute approximate surface area is 125 Å². The third-order valence-corrected chi connectivity index (χ3v) is 4.11. The highest BCUT2D eigenvalue weighted by Gasteiger charge is 2.11. The van der Waals surface area contributed by atoms with Crippen LogP contribution in [0.2, 0.25) is 0 Å². The smallest absolute Gasteiger partial charge is 0.0976 e. The average molecular weight is 290 g/mol. The van der Waals surface area contributed by atoms with Crippen LogP contribution < -0.4 is 5.32 Å². The van der Waals surface area contributed by atoms with Crippen molar-refractivity contribution in [3.8, 4) is 0 Å². The topological polar surface area (TPSA) is 34.2 Å². The number of ether oxygens (including phenoxy) is 1. The van der Waals surface area contributed by atoms with Crippen molar-refractivity contribution in [2.45, 2.75) is 32.9 Å². The molecular formula is C16H22N2OS. The fraction of sp³-hybridized carbons (Fsp3) is 0.438. The lowest BCUT2D eigenvalue weighted by Gasteiger charge is -2.02.